The van der Waals surface area contributed by atoms with Gasteiger partial charge in [0, 0.05) is 13.0 Å². The average molecular weight is 403 g/mol. The van der Waals surface area contributed by atoms with Gasteiger partial charge in [-0.15, -0.1) is 0 Å². The molecule has 1 heterocycles. The maximum absolute atomic E-state index is 11.4. The Hall–Kier alpha value is -1.11. The van der Waals surface area contributed by atoms with Crippen molar-refractivity contribution in [3.63, 3.8) is 0 Å². The maximum Gasteiger partial charge on any atom is 0.306 e. The maximum atomic E-state index is 11.4. The summed E-state index contributed by atoms with van der Waals surface area (Å²) in [5.41, 5.74) is 1.98. The fourth-order valence-electron chi connectivity index (χ4n) is 2.17. The number of allylic oxidation sites excluding steroid dienone is 2. The summed E-state index contributed by atoms with van der Waals surface area (Å²) in [5, 5.41) is 0. The fourth-order valence-corrected chi connectivity index (χ4v) is 2.87. The number of carbonyl (C=O) groups is 2. The molecule has 0 atom stereocenters. The van der Waals surface area contributed by atoms with Crippen LogP contribution in [-0.4, -0.2) is 23.4 Å². The summed E-state index contributed by atoms with van der Waals surface area (Å²) in [5.74, 6) is -0.139. The van der Waals surface area contributed by atoms with Crippen LogP contribution in [0.25, 0.3) is 0 Å². The number of halogens is 1. The van der Waals surface area contributed by atoms with Crippen molar-refractivity contribution in [3.8, 4) is 0 Å². The van der Waals surface area contributed by atoms with Crippen LogP contribution in [0.4, 0.5) is 0 Å². The first kappa shape index (κ1) is 17.9. The van der Waals surface area contributed by atoms with Crippen molar-refractivity contribution in [2.24, 2.45) is 0 Å². The number of aromatic nitrogens is 1. The van der Waals surface area contributed by atoms with Gasteiger partial charge in [-0.05, 0) is 67.8 Å². The predicted octanol–water partition coefficient (Wildman–Crippen LogP) is 3.98. The van der Waals surface area contributed by atoms with E-state index in [1.165, 1.54) is 5.57 Å². The lowest BCUT2D eigenvalue weighted by Crippen LogP contribution is -2.06. The first-order chi connectivity index (χ1) is 10.1. The second-order valence-electron chi connectivity index (χ2n) is 4.71. The summed E-state index contributed by atoms with van der Waals surface area (Å²) >= 11 is 2.23. The Morgan fingerprint density at radius 3 is 2.71 bits per heavy atom. The van der Waals surface area contributed by atoms with Crippen LogP contribution in [0.5, 0.6) is 0 Å². The van der Waals surface area contributed by atoms with Gasteiger partial charge in [-0.25, -0.2) is 0 Å². The van der Waals surface area contributed by atoms with Gasteiger partial charge in [-0.3, -0.25) is 9.59 Å². The molecule has 0 aliphatic carbocycles. The Morgan fingerprint density at radius 2 is 2.10 bits per heavy atom. The van der Waals surface area contributed by atoms with Crippen LogP contribution in [0.2, 0.25) is 0 Å². The number of hydrogen-bond acceptors (Lipinski definition) is 3. The van der Waals surface area contributed by atoms with E-state index >= 15 is 0 Å². The molecule has 0 unspecified atom stereocenters. The highest BCUT2D eigenvalue weighted by molar-refractivity contribution is 14.1. The van der Waals surface area contributed by atoms with Gasteiger partial charge in [-0.2, -0.15) is 0 Å². The molecule has 0 saturated carbocycles. The molecule has 0 saturated heterocycles. The van der Waals surface area contributed by atoms with Gasteiger partial charge in [-0.1, -0.05) is 11.6 Å². The standard InChI is InChI=1S/C16H22INO3/c1-3-13(7-10-16(20)21-4-2)6-5-11-18-14(12-19)8-9-15(18)17/h3,8-9,12H,4-7,10-11H2,1-2H3/b13-3+. The molecule has 4 nitrogen and oxygen atoms in total. The van der Waals surface area contributed by atoms with Crippen molar-refractivity contribution in [1.82, 2.24) is 4.57 Å². The van der Waals surface area contributed by atoms with E-state index in [1.807, 2.05) is 30.5 Å². The summed E-state index contributed by atoms with van der Waals surface area (Å²) in [4.78, 5) is 22.3. The minimum atomic E-state index is -0.139. The molecule has 0 aromatic carbocycles. The molecule has 1 aromatic rings. The molecule has 21 heavy (non-hydrogen) atoms. The van der Waals surface area contributed by atoms with Crippen molar-refractivity contribution >= 4 is 34.8 Å². The molecule has 0 fully saturated rings. The summed E-state index contributed by atoms with van der Waals surface area (Å²) in [6.45, 7) is 5.06. The predicted molar refractivity (Wildman–Crippen MR) is 91.4 cm³/mol. The second-order valence-corrected chi connectivity index (χ2v) is 5.81. The molecular weight excluding hydrogens is 381 g/mol. The molecule has 0 aliphatic rings. The fraction of sp³-hybridized carbons (Fsp3) is 0.500. The van der Waals surface area contributed by atoms with Crippen molar-refractivity contribution in [3.05, 3.63) is 33.2 Å². The lowest BCUT2D eigenvalue weighted by molar-refractivity contribution is -0.143. The molecule has 0 radical (unpaired) electrons. The van der Waals surface area contributed by atoms with Crippen molar-refractivity contribution in [1.29, 1.82) is 0 Å². The zero-order valence-electron chi connectivity index (χ0n) is 12.6. The largest absolute Gasteiger partial charge is 0.466 e. The molecule has 0 amide bonds. The lowest BCUT2D eigenvalue weighted by atomic mass is 10.0. The summed E-state index contributed by atoms with van der Waals surface area (Å²) in [6, 6.07) is 3.79. The molecule has 0 N–H and O–H groups in total. The summed E-state index contributed by atoms with van der Waals surface area (Å²) in [6.07, 6.45) is 6.03. The molecule has 0 spiro atoms. The third-order valence-electron chi connectivity index (χ3n) is 3.33. The quantitative estimate of drug-likeness (QED) is 0.271. The Labute approximate surface area is 139 Å². The van der Waals surface area contributed by atoms with E-state index in [0.29, 0.717) is 18.7 Å². The topological polar surface area (TPSA) is 48.3 Å². The van der Waals surface area contributed by atoms with Crippen LogP contribution in [0.15, 0.2) is 23.8 Å². The first-order valence-corrected chi connectivity index (χ1v) is 8.30. The zero-order valence-corrected chi connectivity index (χ0v) is 14.8. The molecule has 1 aromatic heterocycles. The van der Waals surface area contributed by atoms with Gasteiger partial charge < -0.3 is 9.30 Å². The van der Waals surface area contributed by atoms with Crippen LogP contribution in [0, 0.1) is 3.70 Å². The number of ether oxygens (including phenoxy) is 1. The molecule has 116 valence electrons. The molecule has 0 bridgehead atoms. The minimum Gasteiger partial charge on any atom is -0.466 e. The number of esters is 1. The van der Waals surface area contributed by atoms with Gasteiger partial charge >= 0.3 is 5.97 Å². The Bertz CT molecular complexity index is 506. The smallest absolute Gasteiger partial charge is 0.306 e. The summed E-state index contributed by atoms with van der Waals surface area (Å²) in [7, 11) is 0. The number of carbonyl (C=O) groups excluding carboxylic acids is 2. The third-order valence-corrected chi connectivity index (χ3v) is 4.27. The van der Waals surface area contributed by atoms with E-state index in [0.717, 1.165) is 35.8 Å². The third kappa shape index (κ3) is 6.03. The zero-order chi connectivity index (χ0) is 15.7. The highest BCUT2D eigenvalue weighted by Gasteiger charge is 2.07. The highest BCUT2D eigenvalue weighted by Crippen LogP contribution is 2.16. The Kier molecular flexibility index (Phi) is 8.34. The van der Waals surface area contributed by atoms with Crippen LogP contribution < -0.4 is 0 Å². The summed E-state index contributed by atoms with van der Waals surface area (Å²) < 4.78 is 8.03. The molecule has 5 heteroatoms. The normalized spacial score (nSPS) is 11.5. The van der Waals surface area contributed by atoms with Crippen molar-refractivity contribution in [2.45, 2.75) is 46.1 Å². The Balaban J connectivity index is 2.40. The van der Waals surface area contributed by atoms with E-state index < -0.39 is 0 Å². The number of nitrogens with zero attached hydrogens (tertiary/aromatic N) is 1. The van der Waals surface area contributed by atoms with Gasteiger partial charge in [0.15, 0.2) is 6.29 Å². The van der Waals surface area contributed by atoms with Gasteiger partial charge in [0.1, 0.15) is 0 Å². The van der Waals surface area contributed by atoms with Gasteiger partial charge in [0.05, 0.1) is 16.0 Å². The number of aldehydes is 1. The highest BCUT2D eigenvalue weighted by atomic mass is 127. The van der Waals surface area contributed by atoms with E-state index in [9.17, 15) is 9.59 Å². The van der Waals surface area contributed by atoms with E-state index in [-0.39, 0.29) is 5.97 Å². The monoisotopic (exact) mass is 403 g/mol. The lowest BCUT2D eigenvalue weighted by Gasteiger charge is -2.10. The van der Waals surface area contributed by atoms with Crippen LogP contribution in [0.3, 0.4) is 0 Å². The van der Waals surface area contributed by atoms with Crippen molar-refractivity contribution < 1.29 is 14.3 Å². The molecule has 0 aliphatic heterocycles. The number of hydrogen-bond donors (Lipinski definition) is 0. The average Bonchev–Trinajstić information content (AvgIpc) is 2.83. The van der Waals surface area contributed by atoms with E-state index in [4.69, 9.17) is 4.74 Å². The molecular formula is C16H22INO3. The minimum absolute atomic E-state index is 0.139. The van der Waals surface area contributed by atoms with Crippen LogP contribution in [-0.2, 0) is 16.1 Å². The molecule has 1 rings (SSSR count). The second kappa shape index (κ2) is 9.76. The van der Waals surface area contributed by atoms with Crippen LogP contribution >= 0.6 is 22.6 Å². The van der Waals surface area contributed by atoms with Gasteiger partial charge in [0.25, 0.3) is 0 Å². The van der Waals surface area contributed by atoms with Gasteiger partial charge in [0.2, 0.25) is 0 Å². The van der Waals surface area contributed by atoms with Crippen molar-refractivity contribution in [2.75, 3.05) is 6.61 Å². The SMILES string of the molecule is C/C=C(\CCCn1c(I)ccc1C=O)CCC(=O)OCC. The van der Waals surface area contributed by atoms with E-state index in [1.54, 1.807) is 0 Å². The first-order valence-electron chi connectivity index (χ1n) is 7.22. The Morgan fingerprint density at radius 1 is 1.33 bits per heavy atom. The van der Waals surface area contributed by atoms with Crippen LogP contribution in [0.1, 0.15) is 50.0 Å². The number of rotatable bonds is 9. The van der Waals surface area contributed by atoms with E-state index in [2.05, 4.69) is 28.7 Å².